The Kier molecular flexibility index (Phi) is 1.96. The third kappa shape index (κ3) is 1.09. The Balaban J connectivity index is 2.14. The van der Waals surface area contributed by atoms with Gasteiger partial charge < -0.3 is 0 Å². The zero-order valence-corrected chi connectivity index (χ0v) is 11.2. The molecule has 0 aromatic carbocycles. The van der Waals surface area contributed by atoms with E-state index < -0.39 is 0 Å². The number of hydrogen-bond acceptors (Lipinski definition) is 2. The maximum atomic E-state index is 11.6. The summed E-state index contributed by atoms with van der Waals surface area (Å²) in [5.41, 5.74) is 3.46. The van der Waals surface area contributed by atoms with Gasteiger partial charge >= 0.3 is 0 Å². The van der Waals surface area contributed by atoms with Crippen LogP contribution in [-0.2, 0) is 12.8 Å². The Labute approximate surface area is 101 Å². The molecular weight excluding hydrogens is 216 g/mol. The van der Waals surface area contributed by atoms with Crippen molar-refractivity contribution < 1.29 is 4.79 Å². The first-order chi connectivity index (χ1) is 7.48. The van der Waals surface area contributed by atoms with Crippen LogP contribution in [0.1, 0.15) is 59.3 Å². The second-order valence-electron chi connectivity index (χ2n) is 5.77. The summed E-state index contributed by atoms with van der Waals surface area (Å²) >= 11 is 1.75. The van der Waals surface area contributed by atoms with E-state index >= 15 is 0 Å². The lowest BCUT2D eigenvalue weighted by molar-refractivity contribution is 0.102. The molecule has 0 aliphatic heterocycles. The summed E-state index contributed by atoms with van der Waals surface area (Å²) in [4.78, 5) is 14.1. The van der Waals surface area contributed by atoms with Crippen molar-refractivity contribution in [2.45, 2.75) is 46.5 Å². The van der Waals surface area contributed by atoms with Crippen molar-refractivity contribution in [3.05, 3.63) is 20.9 Å². The molecule has 1 heterocycles. The molecule has 1 aromatic heterocycles. The normalized spacial score (nSPS) is 28.8. The Morgan fingerprint density at radius 2 is 2.19 bits per heavy atom. The van der Waals surface area contributed by atoms with Crippen molar-refractivity contribution in [2.75, 3.05) is 0 Å². The summed E-state index contributed by atoms with van der Waals surface area (Å²) in [5.74, 6) is 1.83. The smallest absolute Gasteiger partial charge is 0.170 e. The van der Waals surface area contributed by atoms with Crippen LogP contribution in [0.5, 0.6) is 0 Å². The fourth-order valence-electron chi connectivity index (χ4n) is 3.56. The van der Waals surface area contributed by atoms with Gasteiger partial charge in [0, 0.05) is 4.88 Å². The molecule has 0 unspecified atom stereocenters. The number of carbonyl (C=O) groups excluding carboxylic acids is 1. The van der Waals surface area contributed by atoms with Crippen molar-refractivity contribution in [1.82, 2.24) is 0 Å². The Morgan fingerprint density at radius 1 is 1.50 bits per heavy atom. The summed E-state index contributed by atoms with van der Waals surface area (Å²) in [6.45, 7) is 8.66. The molecule has 0 amide bonds. The fraction of sp³-hybridized carbons (Fsp3) is 0.643. The number of rotatable bonds is 2. The molecule has 0 bridgehead atoms. The molecule has 16 heavy (non-hydrogen) atoms. The molecule has 2 aliphatic carbocycles. The van der Waals surface area contributed by atoms with Gasteiger partial charge in [0.1, 0.15) is 0 Å². The number of ketones is 1. The van der Waals surface area contributed by atoms with Crippen LogP contribution >= 0.6 is 11.3 Å². The number of aryl methyl sites for hydroxylation is 1. The first kappa shape index (κ1) is 10.5. The molecule has 3 rings (SSSR count). The van der Waals surface area contributed by atoms with Gasteiger partial charge in [0.2, 0.25) is 0 Å². The van der Waals surface area contributed by atoms with E-state index in [-0.39, 0.29) is 5.78 Å². The molecule has 0 N–H and O–H groups in total. The first-order valence-corrected chi connectivity index (χ1v) is 6.95. The predicted octanol–water partition coefficient (Wildman–Crippen LogP) is 3.81. The SMILES string of the molecule is CCc1sc(C(C)=O)c2c1[C@H]1[C@@H](C2)C1(C)C. The number of hydrogen-bond donors (Lipinski definition) is 0. The third-order valence-electron chi connectivity index (χ3n) is 4.55. The average molecular weight is 234 g/mol. The average Bonchev–Trinajstić information content (AvgIpc) is 2.57. The van der Waals surface area contributed by atoms with E-state index in [4.69, 9.17) is 0 Å². The van der Waals surface area contributed by atoms with Gasteiger partial charge in [-0.05, 0) is 48.1 Å². The van der Waals surface area contributed by atoms with E-state index in [0.29, 0.717) is 5.41 Å². The number of fused-ring (bicyclic) bond motifs is 3. The number of Topliss-reactive ketones (excluding diaryl/α,β-unsaturated/α-hetero) is 1. The standard InChI is InChI=1S/C14H18OS/c1-5-10-11-8(13(16-10)7(2)15)6-9-12(11)14(9,3)4/h9,12H,5-6H2,1-4H3/t9-,12-/m1/s1. The maximum absolute atomic E-state index is 11.6. The predicted molar refractivity (Wildman–Crippen MR) is 67.4 cm³/mol. The van der Waals surface area contributed by atoms with E-state index in [1.807, 2.05) is 0 Å². The van der Waals surface area contributed by atoms with Crippen molar-refractivity contribution in [1.29, 1.82) is 0 Å². The Morgan fingerprint density at radius 3 is 2.75 bits per heavy atom. The molecule has 0 saturated heterocycles. The van der Waals surface area contributed by atoms with Crippen molar-refractivity contribution in [3.63, 3.8) is 0 Å². The van der Waals surface area contributed by atoms with Crippen LogP contribution < -0.4 is 0 Å². The van der Waals surface area contributed by atoms with Gasteiger partial charge in [0.25, 0.3) is 0 Å². The Bertz CT molecular complexity index is 481. The molecular formula is C14H18OS. The van der Waals surface area contributed by atoms with Crippen LogP contribution in [0.25, 0.3) is 0 Å². The molecule has 86 valence electrons. The Hall–Kier alpha value is -0.630. The molecule has 1 aromatic rings. The van der Waals surface area contributed by atoms with E-state index in [9.17, 15) is 4.79 Å². The van der Waals surface area contributed by atoms with Crippen LogP contribution in [-0.4, -0.2) is 5.78 Å². The zero-order chi connectivity index (χ0) is 11.7. The van der Waals surface area contributed by atoms with Crippen LogP contribution in [0.4, 0.5) is 0 Å². The lowest BCUT2D eigenvalue weighted by Crippen LogP contribution is -2.02. The molecule has 1 nitrogen and oxygen atoms in total. The van der Waals surface area contributed by atoms with Crippen LogP contribution in [0.3, 0.4) is 0 Å². The highest BCUT2D eigenvalue weighted by atomic mass is 32.1. The van der Waals surface area contributed by atoms with Gasteiger partial charge in [-0.2, -0.15) is 0 Å². The largest absolute Gasteiger partial charge is 0.294 e. The molecule has 1 saturated carbocycles. The summed E-state index contributed by atoms with van der Waals surface area (Å²) in [7, 11) is 0. The van der Waals surface area contributed by atoms with Crippen molar-refractivity contribution >= 4 is 17.1 Å². The molecule has 1 fully saturated rings. The maximum Gasteiger partial charge on any atom is 0.170 e. The zero-order valence-electron chi connectivity index (χ0n) is 10.4. The molecule has 2 atom stereocenters. The summed E-state index contributed by atoms with van der Waals surface area (Å²) in [6, 6.07) is 0. The lowest BCUT2D eigenvalue weighted by atomic mass is 9.94. The minimum atomic E-state index is 0.264. The highest BCUT2D eigenvalue weighted by molar-refractivity contribution is 7.14. The van der Waals surface area contributed by atoms with Gasteiger partial charge in [-0.25, -0.2) is 0 Å². The quantitative estimate of drug-likeness (QED) is 0.711. The molecule has 2 heteroatoms. The van der Waals surface area contributed by atoms with E-state index in [2.05, 4.69) is 20.8 Å². The second kappa shape index (κ2) is 2.98. The van der Waals surface area contributed by atoms with Crippen LogP contribution in [0.2, 0.25) is 0 Å². The molecule has 2 aliphatic rings. The number of thiophene rings is 1. The molecule has 0 spiro atoms. The van der Waals surface area contributed by atoms with Crippen molar-refractivity contribution in [3.8, 4) is 0 Å². The lowest BCUT2D eigenvalue weighted by Gasteiger charge is -2.09. The van der Waals surface area contributed by atoms with Gasteiger partial charge in [-0.15, -0.1) is 11.3 Å². The second-order valence-corrected chi connectivity index (χ2v) is 6.87. The van der Waals surface area contributed by atoms with Gasteiger partial charge in [0.15, 0.2) is 5.78 Å². The third-order valence-corrected chi connectivity index (χ3v) is 6.04. The van der Waals surface area contributed by atoms with E-state index in [1.165, 1.54) is 10.4 Å². The fourth-order valence-corrected chi connectivity index (χ4v) is 4.77. The molecule has 0 radical (unpaired) electrons. The highest BCUT2D eigenvalue weighted by Crippen LogP contribution is 2.71. The summed E-state index contributed by atoms with van der Waals surface area (Å²) < 4.78 is 0. The minimum absolute atomic E-state index is 0.264. The topological polar surface area (TPSA) is 17.1 Å². The number of carbonyl (C=O) groups is 1. The van der Waals surface area contributed by atoms with Gasteiger partial charge in [-0.1, -0.05) is 20.8 Å². The monoisotopic (exact) mass is 234 g/mol. The van der Waals surface area contributed by atoms with E-state index in [0.717, 1.165) is 29.6 Å². The van der Waals surface area contributed by atoms with Crippen LogP contribution in [0, 0.1) is 11.3 Å². The van der Waals surface area contributed by atoms with Crippen LogP contribution in [0.15, 0.2) is 0 Å². The summed E-state index contributed by atoms with van der Waals surface area (Å²) in [6.07, 6.45) is 2.23. The highest BCUT2D eigenvalue weighted by Gasteiger charge is 2.63. The first-order valence-electron chi connectivity index (χ1n) is 6.13. The van der Waals surface area contributed by atoms with E-state index in [1.54, 1.807) is 23.8 Å². The van der Waals surface area contributed by atoms with Gasteiger partial charge in [0.05, 0.1) is 4.88 Å². The minimum Gasteiger partial charge on any atom is -0.294 e. The van der Waals surface area contributed by atoms with Gasteiger partial charge in [-0.3, -0.25) is 4.79 Å². The summed E-state index contributed by atoms with van der Waals surface area (Å²) in [5, 5.41) is 0. The van der Waals surface area contributed by atoms with Crippen molar-refractivity contribution in [2.24, 2.45) is 11.3 Å².